The van der Waals surface area contributed by atoms with Crippen molar-refractivity contribution >= 4 is 17.8 Å². The standard InChI is InChI=1S/C24H26N2O5/c1-3-30-22(28)24(23(29)31-4-2)20(17-11-7-5-8-12-17)25-16-15-19(27)26(25)21(24)18-13-9-6-10-14-18/h5-14,20-21H,3-4,15-16H2,1-2H3/t20-,21-/m1/s1. The van der Waals surface area contributed by atoms with Gasteiger partial charge in [0, 0.05) is 13.0 Å². The van der Waals surface area contributed by atoms with E-state index in [0.717, 1.165) is 5.56 Å². The number of hydrogen-bond donors (Lipinski definition) is 0. The Hall–Kier alpha value is -3.19. The minimum atomic E-state index is -1.76. The van der Waals surface area contributed by atoms with E-state index in [1.54, 1.807) is 18.9 Å². The molecule has 2 aromatic rings. The van der Waals surface area contributed by atoms with Crippen molar-refractivity contribution in [2.75, 3.05) is 19.8 Å². The quantitative estimate of drug-likeness (QED) is 0.526. The summed E-state index contributed by atoms with van der Waals surface area (Å²) in [7, 11) is 0. The molecule has 1 amide bonds. The molecule has 31 heavy (non-hydrogen) atoms. The SMILES string of the molecule is CCOC(=O)C1(C(=O)OCC)[C@@H](c2ccccc2)N2CCC(=O)N2[C@@H]1c1ccccc1. The summed E-state index contributed by atoms with van der Waals surface area (Å²) < 4.78 is 11.0. The molecule has 0 unspecified atom stereocenters. The second kappa shape index (κ2) is 8.51. The first-order valence-electron chi connectivity index (χ1n) is 10.6. The molecule has 2 aliphatic heterocycles. The maximum atomic E-state index is 13.7. The van der Waals surface area contributed by atoms with Crippen LogP contribution >= 0.6 is 0 Å². The summed E-state index contributed by atoms with van der Waals surface area (Å²) in [6.45, 7) is 4.02. The Labute approximate surface area is 181 Å². The molecule has 2 aliphatic rings. The number of hydrazine groups is 1. The third-order valence-corrected chi connectivity index (χ3v) is 5.95. The van der Waals surface area contributed by atoms with Gasteiger partial charge in [-0.25, -0.2) is 5.01 Å². The lowest BCUT2D eigenvalue weighted by atomic mass is 9.70. The average molecular weight is 422 g/mol. The molecule has 2 atom stereocenters. The highest BCUT2D eigenvalue weighted by atomic mass is 16.6. The van der Waals surface area contributed by atoms with E-state index in [1.807, 2.05) is 65.7 Å². The van der Waals surface area contributed by atoms with E-state index in [4.69, 9.17) is 9.47 Å². The van der Waals surface area contributed by atoms with Gasteiger partial charge in [-0.15, -0.1) is 0 Å². The first-order chi connectivity index (χ1) is 15.1. The van der Waals surface area contributed by atoms with E-state index >= 15 is 0 Å². The van der Waals surface area contributed by atoms with Crippen LogP contribution in [0.4, 0.5) is 0 Å². The molecule has 0 N–H and O–H groups in total. The number of carbonyl (C=O) groups excluding carboxylic acids is 3. The summed E-state index contributed by atoms with van der Waals surface area (Å²) in [5, 5.41) is 3.41. The van der Waals surface area contributed by atoms with E-state index in [1.165, 1.54) is 0 Å². The van der Waals surface area contributed by atoms with Crippen molar-refractivity contribution in [1.29, 1.82) is 0 Å². The first kappa shape index (κ1) is 21.1. The minimum Gasteiger partial charge on any atom is -0.465 e. The van der Waals surface area contributed by atoms with Crippen LogP contribution in [0.3, 0.4) is 0 Å². The van der Waals surface area contributed by atoms with E-state index in [0.29, 0.717) is 18.5 Å². The van der Waals surface area contributed by atoms with Crippen LogP contribution in [0.2, 0.25) is 0 Å². The highest BCUT2D eigenvalue weighted by Crippen LogP contribution is 2.60. The van der Waals surface area contributed by atoms with Crippen LogP contribution in [-0.4, -0.2) is 47.6 Å². The van der Waals surface area contributed by atoms with Gasteiger partial charge in [0.15, 0.2) is 0 Å². The Bertz CT molecular complexity index is 944. The van der Waals surface area contributed by atoms with Crippen molar-refractivity contribution < 1.29 is 23.9 Å². The third kappa shape index (κ3) is 3.20. The van der Waals surface area contributed by atoms with Crippen LogP contribution < -0.4 is 0 Å². The zero-order valence-corrected chi connectivity index (χ0v) is 17.7. The number of carbonyl (C=O) groups is 3. The number of benzene rings is 2. The van der Waals surface area contributed by atoms with Crippen molar-refractivity contribution in [3.8, 4) is 0 Å². The molecule has 2 fully saturated rings. The third-order valence-electron chi connectivity index (χ3n) is 5.95. The maximum absolute atomic E-state index is 13.7. The molecule has 0 spiro atoms. The molecule has 0 aromatic heterocycles. The molecule has 0 saturated carbocycles. The summed E-state index contributed by atoms with van der Waals surface area (Å²) in [5.74, 6) is -1.50. The molecule has 162 valence electrons. The average Bonchev–Trinajstić information content (AvgIpc) is 3.31. The molecule has 0 radical (unpaired) electrons. The van der Waals surface area contributed by atoms with Gasteiger partial charge in [-0.1, -0.05) is 60.7 Å². The fraction of sp³-hybridized carbons (Fsp3) is 0.375. The summed E-state index contributed by atoms with van der Waals surface area (Å²) >= 11 is 0. The molecule has 7 nitrogen and oxygen atoms in total. The molecule has 0 aliphatic carbocycles. The van der Waals surface area contributed by atoms with Crippen molar-refractivity contribution in [3.63, 3.8) is 0 Å². The van der Waals surface area contributed by atoms with Crippen LogP contribution in [0.25, 0.3) is 0 Å². The zero-order chi connectivity index (χ0) is 22.0. The summed E-state index contributed by atoms with van der Waals surface area (Å²) in [5.41, 5.74) is -0.325. The smallest absolute Gasteiger partial charge is 0.328 e. The first-order valence-corrected chi connectivity index (χ1v) is 10.6. The van der Waals surface area contributed by atoms with Gasteiger partial charge in [0.05, 0.1) is 19.3 Å². The normalized spacial score (nSPS) is 22.3. The second-order valence-corrected chi connectivity index (χ2v) is 7.59. The predicted octanol–water partition coefficient (Wildman–Crippen LogP) is 3.04. The van der Waals surface area contributed by atoms with E-state index < -0.39 is 29.4 Å². The lowest BCUT2D eigenvalue weighted by Gasteiger charge is -2.35. The predicted molar refractivity (Wildman–Crippen MR) is 112 cm³/mol. The van der Waals surface area contributed by atoms with Crippen molar-refractivity contribution in [2.24, 2.45) is 5.41 Å². The summed E-state index contributed by atoms with van der Waals surface area (Å²) in [4.78, 5) is 40.4. The largest absolute Gasteiger partial charge is 0.465 e. The van der Waals surface area contributed by atoms with Crippen LogP contribution in [-0.2, 0) is 23.9 Å². The van der Waals surface area contributed by atoms with Gasteiger partial charge in [0.25, 0.3) is 0 Å². The van der Waals surface area contributed by atoms with Gasteiger partial charge in [0.2, 0.25) is 11.3 Å². The van der Waals surface area contributed by atoms with E-state index in [2.05, 4.69) is 0 Å². The number of hydrogen-bond acceptors (Lipinski definition) is 6. The van der Waals surface area contributed by atoms with Crippen LogP contribution in [0.15, 0.2) is 60.7 Å². The molecule has 2 saturated heterocycles. The molecular formula is C24H26N2O5. The molecule has 7 heteroatoms. The number of esters is 2. The van der Waals surface area contributed by atoms with E-state index in [9.17, 15) is 14.4 Å². The lowest BCUT2D eigenvalue weighted by molar-refractivity contribution is -0.176. The molecule has 2 aromatic carbocycles. The summed E-state index contributed by atoms with van der Waals surface area (Å²) in [6.07, 6.45) is 0.314. The maximum Gasteiger partial charge on any atom is 0.328 e. The Morgan fingerprint density at radius 1 is 0.871 bits per heavy atom. The zero-order valence-electron chi connectivity index (χ0n) is 17.7. The Morgan fingerprint density at radius 3 is 1.84 bits per heavy atom. The van der Waals surface area contributed by atoms with Crippen molar-refractivity contribution in [2.45, 2.75) is 32.4 Å². The minimum absolute atomic E-state index is 0.108. The topological polar surface area (TPSA) is 76.2 Å². The van der Waals surface area contributed by atoms with Gasteiger partial charge in [-0.3, -0.25) is 19.4 Å². The number of ether oxygens (including phenoxy) is 2. The Kier molecular flexibility index (Phi) is 5.78. The van der Waals surface area contributed by atoms with Crippen molar-refractivity contribution in [1.82, 2.24) is 10.0 Å². The molecular weight excluding hydrogens is 396 g/mol. The number of nitrogens with zero attached hydrogens (tertiary/aromatic N) is 2. The van der Waals surface area contributed by atoms with Crippen LogP contribution in [0, 0.1) is 5.41 Å². The van der Waals surface area contributed by atoms with Gasteiger partial charge in [0.1, 0.15) is 6.04 Å². The van der Waals surface area contributed by atoms with Gasteiger partial charge < -0.3 is 9.47 Å². The highest BCUT2D eigenvalue weighted by Gasteiger charge is 2.72. The fourth-order valence-electron chi connectivity index (χ4n) is 4.84. The summed E-state index contributed by atoms with van der Waals surface area (Å²) in [6, 6.07) is 16.9. The van der Waals surface area contributed by atoms with Crippen LogP contribution in [0.5, 0.6) is 0 Å². The lowest BCUT2D eigenvalue weighted by Crippen LogP contribution is -2.50. The molecule has 2 heterocycles. The second-order valence-electron chi connectivity index (χ2n) is 7.59. The fourth-order valence-corrected chi connectivity index (χ4v) is 4.84. The number of fused-ring (bicyclic) bond motifs is 1. The van der Waals surface area contributed by atoms with E-state index in [-0.39, 0.29) is 19.1 Å². The number of rotatable bonds is 6. The molecule has 0 bridgehead atoms. The molecule has 4 rings (SSSR count). The highest BCUT2D eigenvalue weighted by molar-refractivity contribution is 6.04. The number of amides is 1. The Morgan fingerprint density at radius 2 is 1.35 bits per heavy atom. The Balaban J connectivity index is 2.03. The monoisotopic (exact) mass is 422 g/mol. The van der Waals surface area contributed by atoms with Crippen LogP contribution in [0.1, 0.15) is 43.5 Å². The van der Waals surface area contributed by atoms with Gasteiger partial charge in [-0.2, -0.15) is 0 Å². The van der Waals surface area contributed by atoms with Gasteiger partial charge >= 0.3 is 11.9 Å². The van der Waals surface area contributed by atoms with Crippen molar-refractivity contribution in [3.05, 3.63) is 71.8 Å². The van der Waals surface area contributed by atoms with Gasteiger partial charge in [-0.05, 0) is 25.0 Å².